The second-order valence-electron chi connectivity index (χ2n) is 3.62. The highest BCUT2D eigenvalue weighted by Crippen LogP contribution is 2.05. The van der Waals surface area contributed by atoms with Crippen LogP contribution in [0.1, 0.15) is 12.5 Å². The summed E-state index contributed by atoms with van der Waals surface area (Å²) in [4.78, 5) is 24.7. The van der Waals surface area contributed by atoms with Crippen LogP contribution in [-0.2, 0) is 0 Å². The third-order valence-electron chi connectivity index (χ3n) is 2.28. The number of carbonyl (C=O) groups is 1. The van der Waals surface area contributed by atoms with Crippen molar-refractivity contribution in [2.75, 3.05) is 0 Å². The molecule has 0 saturated heterocycles. The van der Waals surface area contributed by atoms with Crippen LogP contribution in [0.2, 0.25) is 0 Å². The Morgan fingerprint density at radius 3 is 2.94 bits per heavy atom. The van der Waals surface area contributed by atoms with Crippen molar-refractivity contribution in [3.05, 3.63) is 34.2 Å². The lowest BCUT2D eigenvalue weighted by Crippen LogP contribution is -2.49. The van der Waals surface area contributed by atoms with Crippen LogP contribution in [0.15, 0.2) is 33.3 Å². The molecule has 2 heterocycles. The second-order valence-corrected chi connectivity index (χ2v) is 3.62. The van der Waals surface area contributed by atoms with E-state index in [2.05, 4.69) is 20.6 Å². The number of aromatic amines is 1. The van der Waals surface area contributed by atoms with Gasteiger partial charge < -0.3 is 10.1 Å². The number of H-pyrrole nitrogens is 1. The topological polar surface area (TPSA) is 110 Å². The first-order valence-corrected chi connectivity index (χ1v) is 5.12. The van der Waals surface area contributed by atoms with Gasteiger partial charge in [0.25, 0.3) is 0 Å². The van der Waals surface area contributed by atoms with Gasteiger partial charge >= 0.3 is 6.03 Å². The van der Waals surface area contributed by atoms with Gasteiger partial charge in [-0.15, -0.1) is 0 Å². The van der Waals surface area contributed by atoms with E-state index < -0.39 is 12.3 Å². The molecule has 8 nitrogen and oxygen atoms in total. The average molecular weight is 249 g/mol. The summed E-state index contributed by atoms with van der Waals surface area (Å²) in [5.74, 6) is 0. The standard InChI is InChI=1S/C10H11N5O3/c1-6-9(17)15(10(18)14-13-6)12-5-7-2-3-8(16)11-4-7/h2-5,9,17H,1H3,(H,11,16)(H,14,18)/b12-5+. The van der Waals surface area contributed by atoms with E-state index in [-0.39, 0.29) is 5.56 Å². The van der Waals surface area contributed by atoms with Crippen LogP contribution in [0.3, 0.4) is 0 Å². The van der Waals surface area contributed by atoms with Crippen LogP contribution in [0, 0.1) is 0 Å². The molecule has 0 radical (unpaired) electrons. The molecule has 2 rings (SSSR count). The predicted octanol–water partition coefficient (Wildman–Crippen LogP) is -0.572. The molecule has 0 fully saturated rings. The van der Waals surface area contributed by atoms with Gasteiger partial charge in [-0.1, -0.05) is 0 Å². The molecule has 0 bridgehead atoms. The molecule has 8 heteroatoms. The van der Waals surface area contributed by atoms with E-state index in [1.807, 2.05) is 0 Å². The Hall–Kier alpha value is -2.48. The van der Waals surface area contributed by atoms with E-state index in [4.69, 9.17) is 0 Å². The van der Waals surface area contributed by atoms with Gasteiger partial charge in [-0.25, -0.2) is 10.2 Å². The molecular formula is C10H11N5O3. The van der Waals surface area contributed by atoms with Crippen LogP contribution >= 0.6 is 0 Å². The summed E-state index contributed by atoms with van der Waals surface area (Å²) in [5, 5.41) is 18.0. The number of nitrogens with one attached hydrogen (secondary N) is 2. The van der Waals surface area contributed by atoms with Crippen molar-refractivity contribution in [3.8, 4) is 0 Å². The van der Waals surface area contributed by atoms with Crippen molar-refractivity contribution in [1.29, 1.82) is 0 Å². The lowest BCUT2D eigenvalue weighted by atomic mass is 10.3. The number of nitrogens with zero attached hydrogens (tertiary/aromatic N) is 3. The number of hydrogen-bond acceptors (Lipinski definition) is 5. The number of pyridine rings is 1. The molecule has 94 valence electrons. The third kappa shape index (κ3) is 2.43. The average Bonchev–Trinajstić information content (AvgIpc) is 2.36. The first-order chi connectivity index (χ1) is 8.58. The predicted molar refractivity (Wildman–Crippen MR) is 64.1 cm³/mol. The Bertz CT molecular complexity index is 557. The zero-order valence-electron chi connectivity index (χ0n) is 9.49. The highest BCUT2D eigenvalue weighted by Gasteiger charge is 2.27. The summed E-state index contributed by atoms with van der Waals surface area (Å²) in [6.45, 7) is 1.56. The number of carbonyl (C=O) groups excluding carboxylic acids is 1. The quantitative estimate of drug-likeness (QED) is 0.610. The summed E-state index contributed by atoms with van der Waals surface area (Å²) >= 11 is 0. The summed E-state index contributed by atoms with van der Waals surface area (Å²) in [5.41, 5.74) is 2.89. The molecule has 3 N–H and O–H groups in total. The smallest absolute Gasteiger partial charge is 0.360 e. The van der Waals surface area contributed by atoms with Crippen LogP contribution in [0.25, 0.3) is 0 Å². The SMILES string of the molecule is CC1=NNC(=O)N(/N=C/c2ccc(=O)[nH]c2)C1O. The molecule has 1 atom stereocenters. The van der Waals surface area contributed by atoms with E-state index in [9.17, 15) is 14.7 Å². The molecule has 1 aliphatic heterocycles. The van der Waals surface area contributed by atoms with Gasteiger partial charge in [0.15, 0.2) is 6.23 Å². The summed E-state index contributed by atoms with van der Waals surface area (Å²) in [6, 6.07) is 2.24. The Balaban J connectivity index is 2.18. The van der Waals surface area contributed by atoms with Crippen molar-refractivity contribution in [2.45, 2.75) is 13.2 Å². The molecule has 1 aromatic rings. The summed E-state index contributed by atoms with van der Waals surface area (Å²) in [7, 11) is 0. The molecule has 0 aromatic carbocycles. The number of hydrogen-bond donors (Lipinski definition) is 3. The number of hydrazone groups is 2. The second kappa shape index (κ2) is 4.80. The van der Waals surface area contributed by atoms with Crippen LogP contribution in [-0.4, -0.2) is 39.3 Å². The zero-order valence-corrected chi connectivity index (χ0v) is 9.49. The monoisotopic (exact) mass is 249 g/mol. The fourth-order valence-electron chi connectivity index (χ4n) is 1.28. The Labute approximate surface area is 102 Å². The number of amides is 2. The number of aliphatic hydroxyl groups excluding tert-OH is 1. The molecular weight excluding hydrogens is 238 g/mol. The Morgan fingerprint density at radius 2 is 2.28 bits per heavy atom. The first kappa shape index (κ1) is 12.0. The minimum atomic E-state index is -1.20. The maximum atomic E-state index is 11.4. The van der Waals surface area contributed by atoms with E-state index in [0.29, 0.717) is 11.3 Å². The van der Waals surface area contributed by atoms with Gasteiger partial charge in [-0.2, -0.15) is 15.2 Å². The minimum Gasteiger partial charge on any atom is -0.367 e. The number of aliphatic hydroxyl groups is 1. The van der Waals surface area contributed by atoms with E-state index >= 15 is 0 Å². The van der Waals surface area contributed by atoms with Gasteiger partial charge in [-0.3, -0.25) is 4.79 Å². The lowest BCUT2D eigenvalue weighted by Gasteiger charge is -2.25. The van der Waals surface area contributed by atoms with Crippen molar-refractivity contribution in [3.63, 3.8) is 0 Å². The fourth-order valence-corrected chi connectivity index (χ4v) is 1.28. The van der Waals surface area contributed by atoms with Crippen LogP contribution in [0.5, 0.6) is 0 Å². The number of urea groups is 1. The van der Waals surface area contributed by atoms with Crippen molar-refractivity contribution >= 4 is 18.0 Å². The van der Waals surface area contributed by atoms with Crippen LogP contribution < -0.4 is 11.0 Å². The van der Waals surface area contributed by atoms with E-state index in [1.54, 1.807) is 6.92 Å². The number of aromatic nitrogens is 1. The van der Waals surface area contributed by atoms with Crippen molar-refractivity contribution in [2.24, 2.45) is 10.2 Å². The maximum Gasteiger partial charge on any atom is 0.360 e. The van der Waals surface area contributed by atoms with Crippen molar-refractivity contribution in [1.82, 2.24) is 15.4 Å². The molecule has 1 unspecified atom stereocenters. The molecule has 1 aliphatic rings. The summed E-state index contributed by atoms with van der Waals surface area (Å²) < 4.78 is 0. The highest BCUT2D eigenvalue weighted by molar-refractivity contribution is 5.93. The molecule has 0 spiro atoms. The minimum absolute atomic E-state index is 0.231. The molecule has 18 heavy (non-hydrogen) atoms. The lowest BCUT2D eigenvalue weighted by molar-refractivity contribution is 0.0766. The van der Waals surface area contributed by atoms with Gasteiger partial charge in [0.1, 0.15) is 0 Å². The largest absolute Gasteiger partial charge is 0.367 e. The summed E-state index contributed by atoms with van der Waals surface area (Å²) in [6.07, 6.45) is 1.59. The Morgan fingerprint density at radius 1 is 1.50 bits per heavy atom. The first-order valence-electron chi connectivity index (χ1n) is 5.12. The normalized spacial score (nSPS) is 19.9. The maximum absolute atomic E-state index is 11.4. The van der Waals surface area contributed by atoms with E-state index in [1.165, 1.54) is 24.5 Å². The molecule has 0 saturated carbocycles. The zero-order chi connectivity index (χ0) is 13.1. The van der Waals surface area contributed by atoms with Gasteiger partial charge in [0.05, 0.1) is 11.9 Å². The molecule has 0 aliphatic carbocycles. The highest BCUT2D eigenvalue weighted by atomic mass is 16.3. The number of rotatable bonds is 2. The van der Waals surface area contributed by atoms with Gasteiger partial charge in [-0.05, 0) is 13.0 Å². The fraction of sp³-hybridized carbons (Fsp3) is 0.200. The molecule has 1 aromatic heterocycles. The van der Waals surface area contributed by atoms with Crippen LogP contribution in [0.4, 0.5) is 4.79 Å². The van der Waals surface area contributed by atoms with E-state index in [0.717, 1.165) is 5.01 Å². The third-order valence-corrected chi connectivity index (χ3v) is 2.28. The van der Waals surface area contributed by atoms with Gasteiger partial charge in [0, 0.05) is 17.8 Å². The van der Waals surface area contributed by atoms with Crippen molar-refractivity contribution < 1.29 is 9.90 Å². The molecule has 2 amide bonds. The van der Waals surface area contributed by atoms with Gasteiger partial charge in [0.2, 0.25) is 5.56 Å². The Kier molecular flexibility index (Phi) is 3.20.